The van der Waals surface area contributed by atoms with Crippen molar-refractivity contribution in [1.82, 2.24) is 9.80 Å². The molecule has 2 aliphatic rings. The fourth-order valence-electron chi connectivity index (χ4n) is 5.04. The largest absolute Gasteiger partial charge is 0.489 e. The van der Waals surface area contributed by atoms with Crippen molar-refractivity contribution in [1.29, 1.82) is 0 Å². The first-order chi connectivity index (χ1) is 17.4. The molecule has 7 heteroatoms. The van der Waals surface area contributed by atoms with Crippen LogP contribution in [0.15, 0.2) is 48.5 Å². The van der Waals surface area contributed by atoms with Crippen LogP contribution in [-0.4, -0.2) is 55.6 Å². The zero-order valence-electron chi connectivity index (χ0n) is 21.0. The lowest BCUT2D eigenvalue weighted by molar-refractivity contribution is -0.131. The molecule has 1 fully saturated rings. The van der Waals surface area contributed by atoms with E-state index in [1.807, 2.05) is 4.90 Å². The number of fused-ring (bicyclic) bond motifs is 1. The van der Waals surface area contributed by atoms with Gasteiger partial charge in [-0.3, -0.25) is 4.79 Å². The lowest BCUT2D eigenvalue weighted by Gasteiger charge is -2.29. The summed E-state index contributed by atoms with van der Waals surface area (Å²) in [7, 11) is 2.17. The number of hydrogen-bond donors (Lipinski definition) is 0. The Morgan fingerprint density at radius 3 is 2.75 bits per heavy atom. The predicted molar refractivity (Wildman–Crippen MR) is 141 cm³/mol. The number of rotatable bonds is 6. The molecule has 0 spiro atoms. The van der Waals surface area contributed by atoms with Crippen molar-refractivity contribution in [3.8, 4) is 21.9 Å². The third-order valence-electron chi connectivity index (χ3n) is 6.94. The zero-order chi connectivity index (χ0) is 25.1. The maximum Gasteiger partial charge on any atom is 0.227 e. The Morgan fingerprint density at radius 1 is 1.17 bits per heavy atom. The van der Waals surface area contributed by atoms with Crippen LogP contribution in [0.1, 0.15) is 28.8 Å². The molecule has 5 rings (SSSR count). The second kappa shape index (κ2) is 11.0. The number of halogens is 1. The highest BCUT2D eigenvalue weighted by molar-refractivity contribution is 7.15. The first-order valence-corrected chi connectivity index (χ1v) is 13.5. The van der Waals surface area contributed by atoms with Crippen molar-refractivity contribution in [2.45, 2.75) is 32.7 Å². The molecule has 1 amide bonds. The van der Waals surface area contributed by atoms with Gasteiger partial charge in [-0.25, -0.2) is 4.39 Å². The van der Waals surface area contributed by atoms with E-state index in [1.165, 1.54) is 34.7 Å². The molecule has 3 aromatic rings. The normalized spacial score (nSPS) is 18.3. The van der Waals surface area contributed by atoms with Gasteiger partial charge in [0.2, 0.25) is 5.91 Å². The van der Waals surface area contributed by atoms with Gasteiger partial charge >= 0.3 is 0 Å². The van der Waals surface area contributed by atoms with Gasteiger partial charge in [-0.15, -0.1) is 11.3 Å². The summed E-state index contributed by atoms with van der Waals surface area (Å²) in [5, 5.41) is 0. The number of benzene rings is 2. The molecule has 2 aliphatic heterocycles. The molecule has 3 heterocycles. The van der Waals surface area contributed by atoms with Crippen LogP contribution in [0.5, 0.6) is 11.5 Å². The van der Waals surface area contributed by atoms with Gasteiger partial charge in [0.1, 0.15) is 12.4 Å². The number of piperidine rings is 1. The predicted octanol–water partition coefficient (Wildman–Crippen LogP) is 5.55. The van der Waals surface area contributed by atoms with Crippen LogP contribution < -0.4 is 9.47 Å². The summed E-state index contributed by atoms with van der Waals surface area (Å²) in [4.78, 5) is 19.8. The fourth-order valence-corrected chi connectivity index (χ4v) is 5.90. The second-order valence-corrected chi connectivity index (χ2v) is 11.2. The van der Waals surface area contributed by atoms with Crippen LogP contribution in [0.2, 0.25) is 0 Å². The van der Waals surface area contributed by atoms with Gasteiger partial charge in [0.15, 0.2) is 11.5 Å². The van der Waals surface area contributed by atoms with Gasteiger partial charge in [-0.1, -0.05) is 12.1 Å². The fraction of sp³-hybridized carbons (Fsp3) is 0.414. The lowest BCUT2D eigenvalue weighted by Crippen LogP contribution is -2.34. The summed E-state index contributed by atoms with van der Waals surface area (Å²) in [5.74, 6) is 1.70. The maximum atomic E-state index is 13.3. The van der Waals surface area contributed by atoms with Gasteiger partial charge < -0.3 is 19.3 Å². The minimum atomic E-state index is -0.299. The van der Waals surface area contributed by atoms with Gasteiger partial charge in [0.25, 0.3) is 0 Å². The van der Waals surface area contributed by atoms with Crippen molar-refractivity contribution in [3.05, 3.63) is 70.4 Å². The molecule has 0 bridgehead atoms. The van der Waals surface area contributed by atoms with Gasteiger partial charge in [0.05, 0.1) is 19.6 Å². The minimum absolute atomic E-state index is 0.00291. The van der Waals surface area contributed by atoms with Crippen molar-refractivity contribution in [2.75, 3.05) is 39.9 Å². The van der Waals surface area contributed by atoms with Gasteiger partial charge in [-0.2, -0.15) is 0 Å². The number of likely N-dealkylation sites (tertiary alicyclic amines) is 1. The highest BCUT2D eigenvalue weighted by Gasteiger charge is 2.25. The summed E-state index contributed by atoms with van der Waals surface area (Å²) in [6.07, 6.45) is 2.60. The monoisotopic (exact) mass is 508 g/mol. The van der Waals surface area contributed by atoms with E-state index in [1.54, 1.807) is 23.5 Å². The SMILES string of the molecule is Cc1ccc(-c2cc3c(c(OC[C@H]4CCCN(C)C4)c2)OCCN(C(=O)Cc2ccc(F)cc2)C3)s1. The van der Waals surface area contributed by atoms with Crippen molar-refractivity contribution in [3.63, 3.8) is 0 Å². The summed E-state index contributed by atoms with van der Waals surface area (Å²) >= 11 is 1.75. The molecule has 1 aromatic heterocycles. The molecule has 2 aromatic carbocycles. The average Bonchev–Trinajstić information content (AvgIpc) is 3.18. The first kappa shape index (κ1) is 24.8. The summed E-state index contributed by atoms with van der Waals surface area (Å²) < 4.78 is 25.9. The summed E-state index contributed by atoms with van der Waals surface area (Å²) in [6.45, 7) is 6.30. The molecule has 1 atom stereocenters. The number of aryl methyl sites for hydroxylation is 1. The van der Waals surface area contributed by atoms with E-state index in [0.717, 1.165) is 41.3 Å². The highest BCUT2D eigenvalue weighted by atomic mass is 32.1. The van der Waals surface area contributed by atoms with Gasteiger partial charge in [-0.05, 0) is 80.9 Å². The molecular weight excluding hydrogens is 475 g/mol. The quantitative estimate of drug-likeness (QED) is 0.438. The van der Waals surface area contributed by atoms with Crippen molar-refractivity contribution in [2.24, 2.45) is 5.92 Å². The Morgan fingerprint density at radius 2 is 2.00 bits per heavy atom. The first-order valence-electron chi connectivity index (χ1n) is 12.6. The number of carbonyl (C=O) groups excluding carboxylic acids is 1. The third kappa shape index (κ3) is 5.90. The Labute approximate surface area is 216 Å². The molecule has 0 aliphatic carbocycles. The number of amides is 1. The molecule has 0 unspecified atom stereocenters. The van der Waals surface area contributed by atoms with E-state index in [-0.39, 0.29) is 18.1 Å². The minimum Gasteiger partial charge on any atom is -0.489 e. The number of hydrogen-bond acceptors (Lipinski definition) is 5. The molecule has 5 nitrogen and oxygen atoms in total. The van der Waals surface area contributed by atoms with Crippen LogP contribution >= 0.6 is 11.3 Å². The molecular formula is C29H33FN2O3S. The van der Waals surface area contributed by atoms with Gasteiger partial charge in [0, 0.05) is 34.3 Å². The van der Waals surface area contributed by atoms with Crippen molar-refractivity contribution < 1.29 is 18.7 Å². The Bertz CT molecular complexity index is 1210. The van der Waals surface area contributed by atoms with E-state index >= 15 is 0 Å². The average molecular weight is 509 g/mol. The number of carbonyl (C=O) groups is 1. The number of thiophene rings is 1. The molecule has 36 heavy (non-hydrogen) atoms. The van der Waals surface area contributed by atoms with Crippen LogP contribution in [0.4, 0.5) is 4.39 Å². The van der Waals surface area contributed by atoms with E-state index in [4.69, 9.17) is 9.47 Å². The Balaban J connectivity index is 1.40. The second-order valence-electron chi connectivity index (χ2n) is 9.92. The Hall–Kier alpha value is -2.90. The van der Waals surface area contributed by atoms with Crippen molar-refractivity contribution >= 4 is 17.2 Å². The molecule has 0 radical (unpaired) electrons. The lowest BCUT2D eigenvalue weighted by atomic mass is 9.99. The number of ether oxygens (including phenoxy) is 2. The highest BCUT2D eigenvalue weighted by Crippen LogP contribution is 2.40. The number of nitrogens with zero attached hydrogens (tertiary/aromatic N) is 2. The molecule has 0 saturated carbocycles. The van der Waals surface area contributed by atoms with E-state index < -0.39 is 0 Å². The zero-order valence-corrected chi connectivity index (χ0v) is 21.8. The van der Waals surface area contributed by atoms with E-state index in [9.17, 15) is 9.18 Å². The Kier molecular flexibility index (Phi) is 7.58. The van der Waals surface area contributed by atoms with E-state index in [2.05, 4.69) is 43.1 Å². The maximum absolute atomic E-state index is 13.3. The molecule has 1 saturated heterocycles. The third-order valence-corrected chi connectivity index (χ3v) is 7.99. The summed E-state index contributed by atoms with van der Waals surface area (Å²) in [6, 6.07) is 14.6. The summed E-state index contributed by atoms with van der Waals surface area (Å²) in [5.41, 5.74) is 2.84. The standard InChI is InChI=1S/C29H33FN2O3S/c1-20-5-10-27(36-20)23-15-24-18-32(28(33)14-21-6-8-25(30)9-7-21)12-13-34-29(24)26(16-23)35-19-22-4-3-11-31(2)17-22/h5-10,15-16,22H,3-4,11-14,17-19H2,1-2H3/t22-/m0/s1. The molecule has 0 N–H and O–H groups in total. The topological polar surface area (TPSA) is 42.0 Å². The molecule has 190 valence electrons. The smallest absolute Gasteiger partial charge is 0.227 e. The van der Waals surface area contributed by atoms with E-state index in [0.29, 0.717) is 32.2 Å². The van der Waals surface area contributed by atoms with Crippen LogP contribution in [0, 0.1) is 18.7 Å². The van der Waals surface area contributed by atoms with Crippen LogP contribution in [0.25, 0.3) is 10.4 Å². The van der Waals surface area contributed by atoms with Crippen LogP contribution in [0.3, 0.4) is 0 Å². The van der Waals surface area contributed by atoms with Crippen LogP contribution in [-0.2, 0) is 17.8 Å².